The number of hydrogen-bond acceptors (Lipinski definition) is 2. The fourth-order valence-electron chi connectivity index (χ4n) is 0.529. The lowest BCUT2D eigenvalue weighted by Gasteiger charge is -2.06. The highest BCUT2D eigenvalue weighted by molar-refractivity contribution is 7.84. The van der Waals surface area contributed by atoms with Crippen LogP contribution in [0.5, 0.6) is 0 Å². The molecule has 0 aromatic carbocycles. The number of rotatable bonds is 1. The highest BCUT2D eigenvalue weighted by Gasteiger charge is 2.02. The van der Waals surface area contributed by atoms with Crippen molar-refractivity contribution in [2.45, 2.75) is 27.7 Å². The molecule has 0 radical (unpaired) electrons. The zero-order chi connectivity index (χ0) is 10.5. The summed E-state index contributed by atoms with van der Waals surface area (Å²) < 4.78 is 0. The van der Waals surface area contributed by atoms with E-state index in [1.54, 1.807) is 6.08 Å². The van der Waals surface area contributed by atoms with Crippen LogP contribution in [-0.2, 0) is 0 Å². The Morgan fingerprint density at radius 2 is 1.92 bits per heavy atom. The Kier molecular flexibility index (Phi) is 4.72. The van der Waals surface area contributed by atoms with E-state index < -0.39 is 0 Å². The number of hydrogen-bond donors (Lipinski definition) is 2. The Morgan fingerprint density at radius 3 is 2.31 bits per heavy atom. The van der Waals surface area contributed by atoms with Gasteiger partial charge in [0.1, 0.15) is 0 Å². The van der Waals surface area contributed by atoms with E-state index in [-0.39, 0.29) is 5.41 Å². The van der Waals surface area contributed by atoms with E-state index in [4.69, 9.17) is 5.73 Å². The van der Waals surface area contributed by atoms with Crippen LogP contribution in [0.4, 0.5) is 0 Å². The van der Waals surface area contributed by atoms with E-state index in [1.165, 1.54) is 0 Å². The molecule has 0 amide bonds. The fraction of sp³-hybridized carbons (Fsp3) is 0.455. The molecule has 0 bridgehead atoms. The Labute approximate surface area is 86.5 Å². The molecular formula is C11H17NS. The molecule has 0 aliphatic carbocycles. The van der Waals surface area contributed by atoms with Gasteiger partial charge in [0, 0.05) is 11.1 Å². The van der Waals surface area contributed by atoms with Gasteiger partial charge in [-0.3, -0.25) is 0 Å². The van der Waals surface area contributed by atoms with Gasteiger partial charge in [-0.2, -0.15) is 0 Å². The van der Waals surface area contributed by atoms with Crippen molar-refractivity contribution in [1.29, 1.82) is 0 Å². The van der Waals surface area contributed by atoms with E-state index in [0.717, 1.165) is 0 Å². The van der Waals surface area contributed by atoms with Crippen LogP contribution in [-0.4, -0.2) is 0 Å². The van der Waals surface area contributed by atoms with Gasteiger partial charge in [-0.1, -0.05) is 17.9 Å². The molecule has 0 saturated carbocycles. The molecule has 13 heavy (non-hydrogen) atoms. The molecule has 2 heteroatoms. The first-order valence-electron chi connectivity index (χ1n) is 4.21. The Morgan fingerprint density at radius 1 is 1.38 bits per heavy atom. The fourth-order valence-corrected chi connectivity index (χ4v) is 0.734. The first kappa shape index (κ1) is 12.2. The molecule has 0 heterocycles. The van der Waals surface area contributed by atoms with Gasteiger partial charge in [-0.05, 0) is 33.8 Å². The van der Waals surface area contributed by atoms with Gasteiger partial charge in [-0.25, -0.2) is 0 Å². The van der Waals surface area contributed by atoms with Crippen molar-refractivity contribution in [3.63, 3.8) is 0 Å². The van der Waals surface area contributed by atoms with Gasteiger partial charge in [0.25, 0.3) is 0 Å². The van der Waals surface area contributed by atoms with Gasteiger partial charge >= 0.3 is 0 Å². The highest BCUT2D eigenvalue weighted by Crippen LogP contribution is 2.11. The maximum atomic E-state index is 5.58. The van der Waals surface area contributed by atoms with Gasteiger partial charge in [0.15, 0.2) is 0 Å². The average Bonchev–Trinajstić information content (AvgIpc) is 1.99. The quantitative estimate of drug-likeness (QED) is 0.375. The summed E-state index contributed by atoms with van der Waals surface area (Å²) >= 11 is 4.20. The summed E-state index contributed by atoms with van der Waals surface area (Å²) in [5.74, 6) is 6.02. The summed E-state index contributed by atoms with van der Waals surface area (Å²) in [7, 11) is 0. The number of thiol groups is 1. The van der Waals surface area contributed by atoms with Crippen molar-refractivity contribution < 1.29 is 0 Å². The van der Waals surface area contributed by atoms with Crippen LogP contribution >= 0.6 is 12.6 Å². The van der Waals surface area contributed by atoms with Crippen molar-refractivity contribution >= 4 is 12.6 Å². The molecule has 0 spiro atoms. The van der Waals surface area contributed by atoms with Gasteiger partial charge in [0.05, 0.1) is 4.91 Å². The van der Waals surface area contributed by atoms with Crippen LogP contribution in [0.2, 0.25) is 0 Å². The van der Waals surface area contributed by atoms with Gasteiger partial charge in [0.2, 0.25) is 0 Å². The van der Waals surface area contributed by atoms with Crippen LogP contribution in [0.3, 0.4) is 0 Å². The molecule has 0 aromatic rings. The predicted octanol–water partition coefficient (Wildman–Crippen LogP) is 2.71. The monoisotopic (exact) mass is 195 g/mol. The lowest BCUT2D eigenvalue weighted by atomic mass is 9.98. The van der Waals surface area contributed by atoms with Crippen molar-refractivity contribution in [1.82, 2.24) is 0 Å². The Hall–Kier alpha value is -0.810. The second kappa shape index (κ2) is 5.04. The summed E-state index contributed by atoms with van der Waals surface area (Å²) in [5.41, 5.74) is 6.28. The largest absolute Gasteiger partial charge is 0.399 e. The zero-order valence-corrected chi connectivity index (χ0v) is 9.57. The molecule has 0 unspecified atom stereocenters. The van der Waals surface area contributed by atoms with E-state index in [0.29, 0.717) is 10.6 Å². The molecule has 0 saturated heterocycles. The smallest absolute Gasteiger partial charge is 0.0563 e. The summed E-state index contributed by atoms with van der Waals surface area (Å²) in [6.07, 6.45) is 3.57. The maximum absolute atomic E-state index is 5.58. The van der Waals surface area contributed by atoms with E-state index in [2.05, 4.69) is 45.2 Å². The molecule has 0 aliphatic rings. The van der Waals surface area contributed by atoms with Crippen molar-refractivity contribution in [2.75, 3.05) is 0 Å². The average molecular weight is 195 g/mol. The topological polar surface area (TPSA) is 26.0 Å². The van der Waals surface area contributed by atoms with Crippen molar-refractivity contribution in [3.8, 4) is 11.8 Å². The third-order valence-corrected chi connectivity index (χ3v) is 1.44. The minimum absolute atomic E-state index is 0.00646. The maximum Gasteiger partial charge on any atom is 0.0563 e. The molecule has 0 fully saturated rings. The summed E-state index contributed by atoms with van der Waals surface area (Å²) in [6, 6.07) is 0. The molecule has 0 aliphatic heterocycles. The minimum atomic E-state index is 0.00646. The molecule has 0 aromatic heterocycles. The van der Waals surface area contributed by atoms with Crippen LogP contribution in [0, 0.1) is 17.3 Å². The van der Waals surface area contributed by atoms with E-state index in [1.807, 2.05) is 13.0 Å². The second-order valence-electron chi connectivity index (χ2n) is 3.82. The van der Waals surface area contributed by atoms with E-state index >= 15 is 0 Å². The van der Waals surface area contributed by atoms with Crippen LogP contribution in [0.25, 0.3) is 0 Å². The lowest BCUT2D eigenvalue weighted by Crippen LogP contribution is -1.99. The first-order chi connectivity index (χ1) is 5.85. The standard InChI is InChI=1S/C11H17NS/c1-5-9(12)8-10(13)6-7-11(2,3)4/h5,8,13H,12H2,1-4H3/b9-5-,10-8-. The summed E-state index contributed by atoms with van der Waals surface area (Å²) in [4.78, 5) is 0.700. The third-order valence-electron chi connectivity index (χ3n) is 1.20. The first-order valence-corrected chi connectivity index (χ1v) is 4.65. The van der Waals surface area contributed by atoms with Gasteiger partial charge in [-0.15, -0.1) is 12.6 Å². The van der Waals surface area contributed by atoms with Crippen molar-refractivity contribution in [3.05, 3.63) is 22.8 Å². The van der Waals surface area contributed by atoms with Gasteiger partial charge < -0.3 is 5.73 Å². The Balaban J connectivity index is 4.54. The molecule has 0 rings (SSSR count). The molecular weight excluding hydrogens is 178 g/mol. The second-order valence-corrected chi connectivity index (χ2v) is 4.30. The van der Waals surface area contributed by atoms with Crippen LogP contribution in [0.1, 0.15) is 27.7 Å². The molecule has 0 atom stereocenters. The van der Waals surface area contributed by atoms with Crippen molar-refractivity contribution in [2.24, 2.45) is 11.1 Å². The Bertz CT molecular complexity index is 281. The zero-order valence-electron chi connectivity index (χ0n) is 8.68. The molecule has 1 nitrogen and oxygen atoms in total. The van der Waals surface area contributed by atoms with Crippen LogP contribution in [0.15, 0.2) is 22.8 Å². The molecule has 72 valence electrons. The SMILES string of the molecule is C/C=C(N)/C=C(\S)C#CC(C)(C)C. The molecule has 2 N–H and O–H groups in total. The number of allylic oxidation sites excluding steroid dienone is 3. The van der Waals surface area contributed by atoms with Crippen LogP contribution < -0.4 is 5.73 Å². The van der Waals surface area contributed by atoms with E-state index in [9.17, 15) is 0 Å². The lowest BCUT2D eigenvalue weighted by molar-refractivity contribution is 0.571. The third kappa shape index (κ3) is 7.55. The normalized spacial score (nSPS) is 13.6. The number of nitrogens with two attached hydrogens (primary N) is 1. The summed E-state index contributed by atoms with van der Waals surface area (Å²) in [5, 5.41) is 0. The predicted molar refractivity (Wildman–Crippen MR) is 62.2 cm³/mol. The summed E-state index contributed by atoms with van der Waals surface area (Å²) in [6.45, 7) is 8.05. The highest BCUT2D eigenvalue weighted by atomic mass is 32.1. The minimum Gasteiger partial charge on any atom is -0.399 e.